The number of amides is 2. The van der Waals surface area contributed by atoms with E-state index in [-0.39, 0.29) is 29.0 Å². The largest absolute Gasteiger partial charge is 0.356 e. The number of piperidine rings is 1. The number of carbonyl (C=O) groups excluding carboxylic acids is 2. The molecule has 0 bridgehead atoms. The molecule has 19 heavy (non-hydrogen) atoms. The lowest BCUT2D eigenvalue weighted by atomic mass is 9.93. The molecule has 0 aliphatic carbocycles. The van der Waals surface area contributed by atoms with Crippen LogP contribution in [0.2, 0.25) is 0 Å². The third kappa shape index (κ3) is 2.03. The summed E-state index contributed by atoms with van der Waals surface area (Å²) in [6.45, 7) is 0. The average molecular weight is 327 g/mol. The van der Waals surface area contributed by atoms with Gasteiger partial charge in [0.25, 0.3) is 0 Å². The highest BCUT2D eigenvalue weighted by atomic mass is 79.9. The second-order valence-corrected chi connectivity index (χ2v) is 5.25. The number of nitrogens with zero attached hydrogens (tertiary/aromatic N) is 1. The molecule has 3 rings (SSSR count). The summed E-state index contributed by atoms with van der Waals surface area (Å²) < 4.78 is 19.6. The van der Waals surface area contributed by atoms with E-state index in [2.05, 4.69) is 26.4 Å². The fourth-order valence-electron chi connectivity index (χ4n) is 2.21. The monoisotopic (exact) mass is 326 g/mol. The first-order valence-electron chi connectivity index (χ1n) is 5.64. The highest BCUT2D eigenvalue weighted by molar-refractivity contribution is 9.10. The Hall–Kier alpha value is -1.76. The van der Waals surface area contributed by atoms with Gasteiger partial charge in [0.05, 0.1) is 11.3 Å². The molecule has 1 unspecified atom stereocenters. The molecule has 0 radical (unpaired) electrons. The molecule has 1 aliphatic heterocycles. The van der Waals surface area contributed by atoms with Crippen LogP contribution in [0.3, 0.4) is 0 Å². The van der Waals surface area contributed by atoms with Crippen LogP contribution in [0.5, 0.6) is 0 Å². The molecule has 1 aliphatic rings. The van der Waals surface area contributed by atoms with Gasteiger partial charge in [-0.25, -0.2) is 4.39 Å². The fourth-order valence-corrected chi connectivity index (χ4v) is 2.62. The van der Waals surface area contributed by atoms with E-state index in [1.807, 2.05) is 0 Å². The van der Waals surface area contributed by atoms with E-state index in [0.29, 0.717) is 10.9 Å². The Kier molecular flexibility index (Phi) is 2.85. The second kappa shape index (κ2) is 4.41. The third-order valence-corrected chi connectivity index (χ3v) is 3.54. The number of hydrogen-bond donors (Lipinski definition) is 1. The van der Waals surface area contributed by atoms with Gasteiger partial charge in [-0.1, -0.05) is 21.1 Å². The van der Waals surface area contributed by atoms with Crippen LogP contribution in [-0.2, 0) is 9.59 Å². The number of aromatic nitrogens is 1. The summed E-state index contributed by atoms with van der Waals surface area (Å²) in [6, 6.07) is 2.87. The standard InChI is InChI=1S/C12H8BrFN2O3/c13-5-3-7(14)10-8(4-5)19-16-11(10)6-1-2-9(17)15-12(6)18/h3-4,6H,1-2H2,(H,15,17,18). The van der Waals surface area contributed by atoms with Crippen LogP contribution in [0.4, 0.5) is 4.39 Å². The van der Waals surface area contributed by atoms with E-state index in [4.69, 9.17) is 4.52 Å². The molecule has 1 fully saturated rings. The SMILES string of the molecule is O=C1CCC(c2noc3cc(Br)cc(F)c23)C(=O)N1. The Morgan fingerprint density at radius 2 is 2.21 bits per heavy atom. The van der Waals surface area contributed by atoms with Crippen molar-refractivity contribution in [1.29, 1.82) is 0 Å². The van der Waals surface area contributed by atoms with Gasteiger partial charge in [-0.05, 0) is 18.6 Å². The van der Waals surface area contributed by atoms with Gasteiger partial charge in [0, 0.05) is 10.9 Å². The van der Waals surface area contributed by atoms with Crippen molar-refractivity contribution in [3.05, 3.63) is 28.1 Å². The average Bonchev–Trinajstić information content (AvgIpc) is 2.72. The van der Waals surface area contributed by atoms with Crippen LogP contribution in [-0.4, -0.2) is 17.0 Å². The number of benzene rings is 1. The summed E-state index contributed by atoms with van der Waals surface area (Å²) in [6.07, 6.45) is 0.519. The number of rotatable bonds is 1. The molecule has 2 aromatic rings. The quantitative estimate of drug-likeness (QED) is 0.816. The lowest BCUT2D eigenvalue weighted by Gasteiger charge is -2.18. The lowest BCUT2D eigenvalue weighted by molar-refractivity contribution is -0.134. The number of imide groups is 1. The van der Waals surface area contributed by atoms with E-state index in [0.717, 1.165) is 0 Å². The maximum Gasteiger partial charge on any atom is 0.235 e. The number of carbonyl (C=O) groups is 2. The first-order valence-corrected chi connectivity index (χ1v) is 6.43. The Morgan fingerprint density at radius 1 is 1.42 bits per heavy atom. The molecule has 1 N–H and O–H groups in total. The predicted molar refractivity (Wildman–Crippen MR) is 66.8 cm³/mol. The lowest BCUT2D eigenvalue weighted by Crippen LogP contribution is -2.39. The molecule has 1 aromatic carbocycles. The molecule has 1 atom stereocenters. The van der Waals surface area contributed by atoms with Crippen LogP contribution < -0.4 is 5.32 Å². The molecular formula is C12H8BrFN2O3. The summed E-state index contributed by atoms with van der Waals surface area (Å²) >= 11 is 3.16. The molecule has 1 saturated heterocycles. The summed E-state index contributed by atoms with van der Waals surface area (Å²) in [5, 5.41) is 6.20. The summed E-state index contributed by atoms with van der Waals surface area (Å²) in [5.74, 6) is -1.95. The highest BCUT2D eigenvalue weighted by Gasteiger charge is 2.32. The maximum absolute atomic E-state index is 14.0. The van der Waals surface area contributed by atoms with E-state index < -0.39 is 17.6 Å². The first kappa shape index (κ1) is 12.3. The molecule has 1 aromatic heterocycles. The van der Waals surface area contributed by atoms with Gasteiger partial charge in [0.2, 0.25) is 11.8 Å². The van der Waals surface area contributed by atoms with Crippen molar-refractivity contribution in [2.24, 2.45) is 0 Å². The maximum atomic E-state index is 14.0. The zero-order chi connectivity index (χ0) is 13.6. The van der Waals surface area contributed by atoms with Crippen LogP contribution >= 0.6 is 15.9 Å². The molecule has 5 nitrogen and oxygen atoms in total. The number of nitrogens with one attached hydrogen (secondary N) is 1. The number of halogens is 2. The van der Waals surface area contributed by atoms with E-state index in [1.165, 1.54) is 6.07 Å². The molecule has 2 amide bonds. The zero-order valence-electron chi connectivity index (χ0n) is 9.57. The minimum Gasteiger partial charge on any atom is -0.356 e. The summed E-state index contributed by atoms with van der Waals surface area (Å²) in [7, 11) is 0. The van der Waals surface area contributed by atoms with Gasteiger partial charge in [0.1, 0.15) is 11.5 Å². The van der Waals surface area contributed by atoms with E-state index >= 15 is 0 Å². The fraction of sp³-hybridized carbons (Fsp3) is 0.250. The van der Waals surface area contributed by atoms with Crippen molar-refractivity contribution in [2.75, 3.05) is 0 Å². The topological polar surface area (TPSA) is 72.2 Å². The highest BCUT2D eigenvalue weighted by Crippen LogP contribution is 2.33. The zero-order valence-corrected chi connectivity index (χ0v) is 11.2. The molecule has 98 valence electrons. The minimum atomic E-state index is -0.658. The Labute approximate surface area is 115 Å². The van der Waals surface area contributed by atoms with Crippen molar-refractivity contribution in [2.45, 2.75) is 18.8 Å². The van der Waals surface area contributed by atoms with Gasteiger partial charge in [0.15, 0.2) is 5.58 Å². The van der Waals surface area contributed by atoms with Gasteiger partial charge < -0.3 is 4.52 Å². The van der Waals surface area contributed by atoms with Gasteiger partial charge >= 0.3 is 0 Å². The Bertz CT molecular complexity index is 698. The summed E-state index contributed by atoms with van der Waals surface area (Å²) in [4.78, 5) is 22.9. The molecule has 2 heterocycles. The van der Waals surface area contributed by atoms with Gasteiger partial charge in [-0.3, -0.25) is 14.9 Å². The van der Waals surface area contributed by atoms with Crippen molar-refractivity contribution >= 4 is 38.7 Å². The van der Waals surface area contributed by atoms with Crippen LogP contribution in [0.25, 0.3) is 11.0 Å². The van der Waals surface area contributed by atoms with Crippen molar-refractivity contribution in [1.82, 2.24) is 10.5 Å². The Morgan fingerprint density at radius 3 is 2.95 bits per heavy atom. The van der Waals surface area contributed by atoms with Gasteiger partial charge in [-0.15, -0.1) is 0 Å². The molecular weight excluding hydrogens is 319 g/mol. The third-order valence-electron chi connectivity index (χ3n) is 3.09. The molecule has 7 heteroatoms. The van der Waals surface area contributed by atoms with E-state index in [9.17, 15) is 14.0 Å². The Balaban J connectivity index is 2.11. The van der Waals surface area contributed by atoms with Crippen LogP contribution in [0.15, 0.2) is 21.1 Å². The van der Waals surface area contributed by atoms with Crippen molar-refractivity contribution in [3.63, 3.8) is 0 Å². The minimum absolute atomic E-state index is 0.192. The van der Waals surface area contributed by atoms with Crippen molar-refractivity contribution in [3.8, 4) is 0 Å². The van der Waals surface area contributed by atoms with Gasteiger partial charge in [-0.2, -0.15) is 0 Å². The normalized spacial score (nSPS) is 19.8. The number of hydrogen-bond acceptors (Lipinski definition) is 4. The first-order chi connectivity index (χ1) is 9.06. The van der Waals surface area contributed by atoms with Crippen LogP contribution in [0.1, 0.15) is 24.5 Å². The van der Waals surface area contributed by atoms with E-state index in [1.54, 1.807) is 6.07 Å². The predicted octanol–water partition coefficient (Wildman–Crippen LogP) is 2.25. The molecule has 0 saturated carbocycles. The molecule has 0 spiro atoms. The summed E-state index contributed by atoms with van der Waals surface area (Å²) in [5.41, 5.74) is 0.511. The smallest absolute Gasteiger partial charge is 0.235 e. The van der Waals surface area contributed by atoms with Crippen molar-refractivity contribution < 1.29 is 18.5 Å². The van der Waals surface area contributed by atoms with Crippen LogP contribution in [0, 0.1) is 5.82 Å². The second-order valence-electron chi connectivity index (χ2n) is 4.33. The number of fused-ring (bicyclic) bond motifs is 1.